The van der Waals surface area contributed by atoms with Crippen LogP contribution in [0.5, 0.6) is 0 Å². The Morgan fingerprint density at radius 1 is 1.33 bits per heavy atom. The Labute approximate surface area is 109 Å². The van der Waals surface area contributed by atoms with Crippen LogP contribution < -0.4 is 0 Å². The van der Waals surface area contributed by atoms with Gasteiger partial charge in [-0.15, -0.1) is 0 Å². The first-order valence-corrected chi connectivity index (χ1v) is 7.77. The Bertz CT molecular complexity index is 472. The highest BCUT2D eigenvalue weighted by Gasteiger charge is 2.33. The van der Waals surface area contributed by atoms with Gasteiger partial charge in [0.25, 0.3) is 0 Å². The molecular formula is C13H19NO3S. The molecule has 0 N–H and O–H groups in total. The van der Waals surface area contributed by atoms with Crippen LogP contribution >= 0.6 is 0 Å². The van der Waals surface area contributed by atoms with Crippen molar-refractivity contribution in [3.63, 3.8) is 0 Å². The molecule has 2 rings (SSSR count). The van der Waals surface area contributed by atoms with Crippen LogP contribution in [-0.2, 0) is 20.5 Å². The Morgan fingerprint density at radius 3 is 2.72 bits per heavy atom. The van der Waals surface area contributed by atoms with Gasteiger partial charge in [-0.3, -0.25) is 0 Å². The molecule has 0 aliphatic carbocycles. The van der Waals surface area contributed by atoms with Crippen LogP contribution in [0.1, 0.15) is 18.4 Å². The molecule has 1 aromatic rings. The van der Waals surface area contributed by atoms with E-state index in [1.807, 2.05) is 30.3 Å². The van der Waals surface area contributed by atoms with Crippen molar-refractivity contribution in [1.82, 2.24) is 4.31 Å². The number of benzene rings is 1. The lowest BCUT2D eigenvalue weighted by molar-refractivity contribution is 0.149. The van der Waals surface area contributed by atoms with Crippen molar-refractivity contribution >= 4 is 10.0 Å². The summed E-state index contributed by atoms with van der Waals surface area (Å²) < 4.78 is 31.4. The molecule has 4 nitrogen and oxygen atoms in total. The summed E-state index contributed by atoms with van der Waals surface area (Å²) in [6.07, 6.45) is 1.81. The zero-order chi connectivity index (χ0) is 13.0. The molecule has 0 spiro atoms. The Hall–Kier alpha value is -0.910. The van der Waals surface area contributed by atoms with Gasteiger partial charge in [-0.25, -0.2) is 8.42 Å². The molecule has 0 saturated carbocycles. The van der Waals surface area contributed by atoms with E-state index in [1.165, 1.54) is 0 Å². The summed E-state index contributed by atoms with van der Waals surface area (Å²) in [4.78, 5) is 0. The fraction of sp³-hybridized carbons (Fsp3) is 0.538. The van der Waals surface area contributed by atoms with E-state index in [0.717, 1.165) is 18.4 Å². The lowest BCUT2D eigenvalue weighted by atomic mass is 10.2. The van der Waals surface area contributed by atoms with E-state index in [-0.39, 0.29) is 11.8 Å². The summed E-state index contributed by atoms with van der Waals surface area (Å²) in [5.41, 5.74) is 0.834. The van der Waals surface area contributed by atoms with Crippen LogP contribution in [0.2, 0.25) is 0 Å². The lowest BCUT2D eigenvalue weighted by Crippen LogP contribution is -2.38. The summed E-state index contributed by atoms with van der Waals surface area (Å²) >= 11 is 0. The molecule has 0 bridgehead atoms. The molecule has 1 heterocycles. The van der Waals surface area contributed by atoms with Gasteiger partial charge >= 0.3 is 0 Å². The molecule has 1 unspecified atom stereocenters. The minimum absolute atomic E-state index is 0.00344. The van der Waals surface area contributed by atoms with Gasteiger partial charge in [0, 0.05) is 19.7 Å². The second-order valence-electron chi connectivity index (χ2n) is 4.60. The highest BCUT2D eigenvalue weighted by molar-refractivity contribution is 7.88. The zero-order valence-electron chi connectivity index (χ0n) is 10.6. The van der Waals surface area contributed by atoms with Gasteiger partial charge < -0.3 is 4.74 Å². The summed E-state index contributed by atoms with van der Waals surface area (Å²) in [6, 6.07) is 9.31. The molecule has 1 saturated heterocycles. The lowest BCUT2D eigenvalue weighted by Gasteiger charge is -2.23. The van der Waals surface area contributed by atoms with Crippen molar-refractivity contribution in [3.05, 3.63) is 35.9 Å². The average Bonchev–Trinajstić information content (AvgIpc) is 2.79. The van der Waals surface area contributed by atoms with Gasteiger partial charge in [-0.1, -0.05) is 30.3 Å². The molecule has 1 atom stereocenters. The Morgan fingerprint density at radius 2 is 2.06 bits per heavy atom. The summed E-state index contributed by atoms with van der Waals surface area (Å²) in [5.74, 6) is 0.0774. The normalized spacial score (nSPS) is 21.3. The molecule has 100 valence electrons. The minimum Gasteiger partial charge on any atom is -0.383 e. The fourth-order valence-corrected chi connectivity index (χ4v) is 4.21. The van der Waals surface area contributed by atoms with Crippen molar-refractivity contribution < 1.29 is 13.2 Å². The van der Waals surface area contributed by atoms with E-state index >= 15 is 0 Å². The van der Waals surface area contributed by atoms with Gasteiger partial charge in [0.2, 0.25) is 10.0 Å². The Kier molecular flexibility index (Phi) is 4.37. The second-order valence-corrected chi connectivity index (χ2v) is 6.53. The van der Waals surface area contributed by atoms with Crippen LogP contribution in [0.25, 0.3) is 0 Å². The Balaban J connectivity index is 2.11. The number of hydrogen-bond donors (Lipinski definition) is 0. The predicted octanol–water partition coefficient (Wildman–Crippen LogP) is 1.63. The number of nitrogens with zero attached hydrogens (tertiary/aromatic N) is 1. The van der Waals surface area contributed by atoms with E-state index in [9.17, 15) is 8.42 Å². The van der Waals surface area contributed by atoms with Crippen molar-refractivity contribution in [2.45, 2.75) is 24.6 Å². The smallest absolute Gasteiger partial charge is 0.218 e. The van der Waals surface area contributed by atoms with E-state index in [1.54, 1.807) is 11.4 Å². The first-order chi connectivity index (χ1) is 8.63. The monoisotopic (exact) mass is 269 g/mol. The molecule has 1 fully saturated rings. The highest BCUT2D eigenvalue weighted by atomic mass is 32.2. The van der Waals surface area contributed by atoms with Crippen molar-refractivity contribution in [2.75, 3.05) is 20.3 Å². The minimum atomic E-state index is -3.23. The predicted molar refractivity (Wildman–Crippen MR) is 70.7 cm³/mol. The van der Waals surface area contributed by atoms with Crippen LogP contribution in [-0.4, -0.2) is 39.0 Å². The van der Waals surface area contributed by atoms with Crippen LogP contribution in [0, 0.1) is 0 Å². The maximum atomic E-state index is 12.4. The molecule has 0 radical (unpaired) electrons. The van der Waals surface area contributed by atoms with Crippen molar-refractivity contribution in [1.29, 1.82) is 0 Å². The van der Waals surface area contributed by atoms with E-state index in [0.29, 0.717) is 13.2 Å². The molecule has 0 amide bonds. The maximum Gasteiger partial charge on any atom is 0.218 e. The summed E-state index contributed by atoms with van der Waals surface area (Å²) in [5, 5.41) is 0. The number of rotatable bonds is 5. The molecule has 0 aromatic heterocycles. The number of sulfonamides is 1. The summed E-state index contributed by atoms with van der Waals surface area (Å²) in [6.45, 7) is 1.09. The third-order valence-electron chi connectivity index (χ3n) is 3.23. The SMILES string of the molecule is COCC1CCCN1S(=O)(=O)Cc1ccccc1. The van der Waals surface area contributed by atoms with Gasteiger partial charge in [-0.05, 0) is 18.4 Å². The van der Waals surface area contributed by atoms with Crippen molar-refractivity contribution in [3.8, 4) is 0 Å². The van der Waals surface area contributed by atoms with Gasteiger partial charge in [0.05, 0.1) is 12.4 Å². The molecule has 1 aliphatic heterocycles. The fourth-order valence-electron chi connectivity index (χ4n) is 2.40. The first-order valence-electron chi connectivity index (χ1n) is 6.16. The molecule has 18 heavy (non-hydrogen) atoms. The third-order valence-corrected chi connectivity index (χ3v) is 5.12. The van der Waals surface area contributed by atoms with Crippen LogP contribution in [0.15, 0.2) is 30.3 Å². The maximum absolute atomic E-state index is 12.4. The largest absolute Gasteiger partial charge is 0.383 e. The van der Waals surface area contributed by atoms with E-state index in [4.69, 9.17) is 4.74 Å². The van der Waals surface area contributed by atoms with Gasteiger partial charge in [-0.2, -0.15) is 4.31 Å². The number of methoxy groups -OCH3 is 1. The third kappa shape index (κ3) is 3.10. The topological polar surface area (TPSA) is 46.6 Å². The molecule has 1 aliphatic rings. The quantitative estimate of drug-likeness (QED) is 0.816. The first kappa shape index (κ1) is 13.5. The van der Waals surface area contributed by atoms with Gasteiger partial charge in [0.15, 0.2) is 0 Å². The standard InChI is InChI=1S/C13H19NO3S/c1-17-10-13-8-5-9-14(13)18(15,16)11-12-6-3-2-4-7-12/h2-4,6-7,13H,5,8-11H2,1H3. The second kappa shape index (κ2) is 5.82. The molecule has 1 aromatic carbocycles. The van der Waals surface area contributed by atoms with E-state index in [2.05, 4.69) is 0 Å². The number of hydrogen-bond acceptors (Lipinski definition) is 3. The molecular weight excluding hydrogens is 250 g/mol. The average molecular weight is 269 g/mol. The highest BCUT2D eigenvalue weighted by Crippen LogP contribution is 2.23. The van der Waals surface area contributed by atoms with E-state index < -0.39 is 10.0 Å². The van der Waals surface area contributed by atoms with Gasteiger partial charge in [0.1, 0.15) is 0 Å². The van der Waals surface area contributed by atoms with Crippen LogP contribution in [0.4, 0.5) is 0 Å². The number of ether oxygens (including phenoxy) is 1. The zero-order valence-corrected chi connectivity index (χ0v) is 11.4. The van der Waals surface area contributed by atoms with Crippen LogP contribution in [0.3, 0.4) is 0 Å². The van der Waals surface area contributed by atoms with Crippen molar-refractivity contribution in [2.24, 2.45) is 0 Å². The summed E-state index contributed by atoms with van der Waals surface area (Å²) in [7, 11) is -1.62. The molecule has 5 heteroatoms.